The molecule has 1 aliphatic heterocycles. The topological polar surface area (TPSA) is 79.5 Å². The van der Waals surface area contributed by atoms with Gasteiger partial charge in [-0.25, -0.2) is 4.79 Å². The molecule has 1 aromatic heterocycles. The lowest BCUT2D eigenvalue weighted by atomic mass is 9.94. The van der Waals surface area contributed by atoms with Crippen LogP contribution in [0.1, 0.15) is 33.6 Å². The van der Waals surface area contributed by atoms with Gasteiger partial charge in [-0.3, -0.25) is 5.10 Å². The van der Waals surface area contributed by atoms with E-state index >= 15 is 0 Å². The van der Waals surface area contributed by atoms with Crippen molar-refractivity contribution in [1.82, 2.24) is 15.1 Å². The molecule has 2 aliphatic rings. The van der Waals surface area contributed by atoms with Gasteiger partial charge in [-0.15, -0.1) is 0 Å². The molecule has 7 nitrogen and oxygen atoms in total. The third kappa shape index (κ3) is 3.42. The summed E-state index contributed by atoms with van der Waals surface area (Å²) in [5, 5.41) is 12.0. The largest absolute Gasteiger partial charge is 0.494 e. The minimum atomic E-state index is -0.443. The summed E-state index contributed by atoms with van der Waals surface area (Å²) in [6.45, 7) is 7.39. The molecule has 0 spiro atoms. The fourth-order valence-corrected chi connectivity index (χ4v) is 4.40. The number of benzene rings is 1. The second kappa shape index (κ2) is 6.62. The number of amides is 1. The van der Waals surface area contributed by atoms with Gasteiger partial charge in [0.2, 0.25) is 0 Å². The number of para-hydroxylation sites is 1. The number of methoxy groups -OCH3 is 1. The number of carbonyl (C=O) groups is 1. The Hall–Kier alpha value is -2.44. The average molecular weight is 372 g/mol. The van der Waals surface area contributed by atoms with Crippen molar-refractivity contribution in [2.45, 2.75) is 45.3 Å². The second-order valence-corrected chi connectivity index (χ2v) is 8.61. The Balaban J connectivity index is 1.36. The zero-order valence-electron chi connectivity index (χ0n) is 16.4. The Kier molecular flexibility index (Phi) is 4.40. The third-order valence-corrected chi connectivity index (χ3v) is 5.63. The van der Waals surface area contributed by atoms with Crippen LogP contribution >= 0.6 is 0 Å². The number of likely N-dealkylation sites (tertiary alicyclic amines) is 1. The number of ether oxygens (including phenoxy) is 2. The van der Waals surface area contributed by atoms with E-state index in [-0.39, 0.29) is 6.09 Å². The molecule has 1 saturated carbocycles. The van der Waals surface area contributed by atoms with Gasteiger partial charge in [0.1, 0.15) is 16.9 Å². The monoisotopic (exact) mass is 372 g/mol. The number of aromatic amines is 1. The Morgan fingerprint density at radius 2 is 2.19 bits per heavy atom. The number of carbonyl (C=O) groups excluding carboxylic acids is 1. The first-order chi connectivity index (χ1) is 12.9. The summed E-state index contributed by atoms with van der Waals surface area (Å²) >= 11 is 0. The number of nitrogens with zero attached hydrogens (tertiary/aromatic N) is 2. The van der Waals surface area contributed by atoms with Gasteiger partial charge in [0.05, 0.1) is 7.11 Å². The highest BCUT2D eigenvalue weighted by Gasteiger charge is 2.47. The maximum Gasteiger partial charge on any atom is 0.410 e. The van der Waals surface area contributed by atoms with Crippen molar-refractivity contribution in [2.24, 2.45) is 11.8 Å². The van der Waals surface area contributed by atoms with Crippen molar-refractivity contribution in [1.29, 1.82) is 0 Å². The molecule has 4 rings (SSSR count). The molecule has 27 heavy (non-hydrogen) atoms. The number of nitrogens with one attached hydrogen (secondary N) is 2. The lowest BCUT2D eigenvalue weighted by molar-refractivity contribution is 0.0165. The van der Waals surface area contributed by atoms with Crippen molar-refractivity contribution >= 4 is 22.8 Å². The van der Waals surface area contributed by atoms with Gasteiger partial charge in [-0.1, -0.05) is 6.07 Å². The van der Waals surface area contributed by atoms with Crippen LogP contribution in [0.5, 0.6) is 5.75 Å². The zero-order valence-corrected chi connectivity index (χ0v) is 16.4. The molecular weight excluding hydrogens is 344 g/mol. The Labute approximate surface area is 159 Å². The van der Waals surface area contributed by atoms with E-state index in [1.165, 1.54) is 0 Å². The maximum absolute atomic E-state index is 12.4. The molecule has 3 atom stereocenters. The molecule has 1 saturated heterocycles. The predicted octanol–water partition coefficient (Wildman–Crippen LogP) is 3.63. The van der Waals surface area contributed by atoms with Crippen LogP contribution in [0.4, 0.5) is 10.6 Å². The van der Waals surface area contributed by atoms with Crippen molar-refractivity contribution in [2.75, 3.05) is 25.5 Å². The number of fused-ring (bicyclic) bond motifs is 3. The van der Waals surface area contributed by atoms with Crippen molar-refractivity contribution in [3.63, 3.8) is 0 Å². The van der Waals surface area contributed by atoms with Crippen molar-refractivity contribution < 1.29 is 14.3 Å². The highest BCUT2D eigenvalue weighted by Crippen LogP contribution is 2.42. The molecular formula is C20H28N4O3. The van der Waals surface area contributed by atoms with Gasteiger partial charge < -0.3 is 19.7 Å². The van der Waals surface area contributed by atoms with E-state index in [1.807, 2.05) is 43.9 Å². The van der Waals surface area contributed by atoms with Crippen molar-refractivity contribution in [3.05, 3.63) is 18.2 Å². The summed E-state index contributed by atoms with van der Waals surface area (Å²) in [5.74, 6) is 2.72. The number of rotatable bonds is 4. The lowest BCUT2D eigenvalue weighted by Gasteiger charge is -2.33. The molecule has 2 heterocycles. The molecule has 0 unspecified atom stereocenters. The average Bonchev–Trinajstić information content (AvgIpc) is 3.31. The van der Waals surface area contributed by atoms with Gasteiger partial charge in [0.25, 0.3) is 0 Å². The molecule has 0 radical (unpaired) electrons. The maximum atomic E-state index is 12.4. The molecule has 2 aromatic rings. The van der Waals surface area contributed by atoms with Gasteiger partial charge in [0, 0.05) is 24.5 Å². The van der Waals surface area contributed by atoms with Crippen LogP contribution in [0, 0.1) is 11.8 Å². The quantitative estimate of drug-likeness (QED) is 0.857. The van der Waals surface area contributed by atoms with Gasteiger partial charge in [0.15, 0.2) is 5.82 Å². The molecule has 2 bridgehead atoms. The number of piperidine rings is 1. The first-order valence-electron chi connectivity index (χ1n) is 9.60. The Morgan fingerprint density at radius 3 is 2.85 bits per heavy atom. The summed E-state index contributed by atoms with van der Waals surface area (Å²) in [6.07, 6.45) is 1.91. The number of H-pyrrole nitrogens is 1. The standard InChI is InChI=1S/C20H28N4O3/c1-20(2,3)27-19(25)24-11-13-9-14(24)8-12(13)10-21-18-15-6-5-7-16(26-4)17(15)22-23-18/h5-7,12-14H,8-11H2,1-4H3,(H2,21,22,23)/t12-,13-,14+/m1/s1. The normalized spacial score (nSPS) is 24.4. The van der Waals surface area contributed by atoms with Crippen LogP contribution in [0.2, 0.25) is 0 Å². The number of anilines is 1. The molecule has 1 amide bonds. The van der Waals surface area contributed by atoms with Crippen LogP contribution < -0.4 is 10.1 Å². The van der Waals surface area contributed by atoms with Crippen LogP contribution in [0.3, 0.4) is 0 Å². The van der Waals surface area contributed by atoms with E-state index in [2.05, 4.69) is 15.5 Å². The van der Waals surface area contributed by atoms with E-state index in [4.69, 9.17) is 9.47 Å². The summed E-state index contributed by atoms with van der Waals surface area (Å²) < 4.78 is 10.9. The fraction of sp³-hybridized carbons (Fsp3) is 0.600. The highest BCUT2D eigenvalue weighted by atomic mass is 16.6. The predicted molar refractivity (Wildman–Crippen MR) is 104 cm³/mol. The Morgan fingerprint density at radius 1 is 1.37 bits per heavy atom. The van der Waals surface area contributed by atoms with Crippen LogP contribution in [-0.2, 0) is 4.74 Å². The van der Waals surface area contributed by atoms with E-state index in [0.717, 1.165) is 48.4 Å². The summed E-state index contributed by atoms with van der Waals surface area (Å²) in [6, 6.07) is 6.23. The van der Waals surface area contributed by atoms with E-state index in [0.29, 0.717) is 17.9 Å². The SMILES string of the molecule is COc1cccc2c(NC[C@H]3C[C@H]4C[C@@H]3CN4C(=O)OC(C)(C)C)n[nH]c12. The fourth-order valence-electron chi connectivity index (χ4n) is 4.40. The molecule has 7 heteroatoms. The minimum Gasteiger partial charge on any atom is -0.494 e. The molecule has 2 fully saturated rings. The van der Waals surface area contributed by atoms with Crippen LogP contribution in [-0.4, -0.2) is 53.0 Å². The van der Waals surface area contributed by atoms with Crippen LogP contribution in [0.15, 0.2) is 18.2 Å². The third-order valence-electron chi connectivity index (χ3n) is 5.63. The van der Waals surface area contributed by atoms with Gasteiger partial charge in [-0.2, -0.15) is 5.10 Å². The smallest absolute Gasteiger partial charge is 0.410 e. The Bertz CT molecular complexity index is 841. The lowest BCUT2D eigenvalue weighted by Crippen LogP contribution is -2.43. The van der Waals surface area contributed by atoms with Gasteiger partial charge >= 0.3 is 6.09 Å². The van der Waals surface area contributed by atoms with Crippen molar-refractivity contribution in [3.8, 4) is 5.75 Å². The molecule has 1 aromatic carbocycles. The first kappa shape index (κ1) is 17.9. The second-order valence-electron chi connectivity index (χ2n) is 8.61. The number of aromatic nitrogens is 2. The number of hydrogen-bond acceptors (Lipinski definition) is 5. The summed E-state index contributed by atoms with van der Waals surface area (Å²) in [4.78, 5) is 14.3. The molecule has 2 N–H and O–H groups in total. The molecule has 1 aliphatic carbocycles. The van der Waals surface area contributed by atoms with E-state index in [9.17, 15) is 4.79 Å². The first-order valence-corrected chi connectivity index (χ1v) is 9.60. The van der Waals surface area contributed by atoms with Gasteiger partial charge in [-0.05, 0) is 57.6 Å². The number of hydrogen-bond donors (Lipinski definition) is 2. The van der Waals surface area contributed by atoms with Crippen LogP contribution in [0.25, 0.3) is 10.9 Å². The highest BCUT2D eigenvalue weighted by molar-refractivity contribution is 5.93. The molecule has 146 valence electrons. The van der Waals surface area contributed by atoms with E-state index in [1.54, 1.807) is 7.11 Å². The summed E-state index contributed by atoms with van der Waals surface area (Å²) in [5.41, 5.74) is 0.466. The van der Waals surface area contributed by atoms with E-state index < -0.39 is 5.60 Å². The summed E-state index contributed by atoms with van der Waals surface area (Å²) in [7, 11) is 1.66. The zero-order chi connectivity index (χ0) is 19.2. The minimum absolute atomic E-state index is 0.174.